The molecule has 0 fully saturated rings. The summed E-state index contributed by atoms with van der Waals surface area (Å²) < 4.78 is 2.55. The molecular formula is C11H11BrN4O2. The predicted molar refractivity (Wildman–Crippen MR) is 71.3 cm³/mol. The van der Waals surface area contributed by atoms with Crippen LogP contribution in [0.5, 0.6) is 0 Å². The van der Waals surface area contributed by atoms with E-state index in [1.54, 1.807) is 11.6 Å². The second-order valence-corrected chi connectivity index (χ2v) is 4.58. The highest BCUT2D eigenvalue weighted by Crippen LogP contribution is 2.23. The van der Waals surface area contributed by atoms with E-state index in [1.165, 1.54) is 6.33 Å². The molecule has 0 spiro atoms. The van der Waals surface area contributed by atoms with E-state index in [4.69, 9.17) is 0 Å². The Bertz CT molecular complexity index is 582. The summed E-state index contributed by atoms with van der Waals surface area (Å²) in [5.41, 5.74) is 1.02. The number of rotatable bonds is 4. The second-order valence-electron chi connectivity index (χ2n) is 3.73. The first-order chi connectivity index (χ1) is 8.59. The third-order valence-corrected chi connectivity index (χ3v) is 3.27. The molecule has 18 heavy (non-hydrogen) atoms. The molecule has 7 heteroatoms. The Morgan fingerprint density at radius 2 is 2.22 bits per heavy atom. The zero-order chi connectivity index (χ0) is 13.1. The molecule has 1 heterocycles. The van der Waals surface area contributed by atoms with Gasteiger partial charge in [0.15, 0.2) is 0 Å². The molecule has 1 N–H and O–H groups in total. The van der Waals surface area contributed by atoms with E-state index in [0.29, 0.717) is 12.4 Å². The summed E-state index contributed by atoms with van der Waals surface area (Å²) in [5, 5.41) is 13.8. The number of aryl methyl sites for hydroxylation is 1. The number of imidazole rings is 1. The number of aromatic nitrogens is 2. The minimum Gasteiger partial charge on any atom is -0.360 e. The zero-order valence-electron chi connectivity index (χ0n) is 9.63. The molecule has 2 rings (SSSR count). The maximum absolute atomic E-state index is 10.8. The zero-order valence-corrected chi connectivity index (χ0v) is 11.2. The molecule has 0 saturated heterocycles. The maximum Gasteiger partial charge on any atom is 0.406 e. The average Bonchev–Trinajstić information content (AvgIpc) is 2.70. The molecule has 2 aromatic rings. The van der Waals surface area contributed by atoms with E-state index >= 15 is 0 Å². The Morgan fingerprint density at radius 1 is 1.50 bits per heavy atom. The van der Waals surface area contributed by atoms with E-state index in [-0.39, 0.29) is 5.82 Å². The third-order valence-electron chi connectivity index (χ3n) is 2.49. The molecule has 0 unspecified atom stereocenters. The molecule has 0 amide bonds. The Labute approximate surface area is 112 Å². The number of hydrogen-bond acceptors (Lipinski definition) is 4. The minimum atomic E-state index is -0.498. The van der Waals surface area contributed by atoms with Crippen LogP contribution >= 0.6 is 15.9 Å². The highest BCUT2D eigenvalue weighted by molar-refractivity contribution is 9.10. The average molecular weight is 311 g/mol. The Kier molecular flexibility index (Phi) is 3.61. The first-order valence-electron chi connectivity index (χ1n) is 5.22. The molecule has 1 aromatic heterocycles. The summed E-state index contributed by atoms with van der Waals surface area (Å²) in [6.07, 6.45) is 1.42. The molecule has 0 radical (unpaired) electrons. The Morgan fingerprint density at radius 3 is 2.89 bits per heavy atom. The van der Waals surface area contributed by atoms with Gasteiger partial charge in [-0.05, 0) is 21.5 Å². The Balaban J connectivity index is 2.18. The van der Waals surface area contributed by atoms with Crippen LogP contribution in [0.4, 0.5) is 11.6 Å². The van der Waals surface area contributed by atoms with Crippen LogP contribution in [-0.2, 0) is 13.6 Å². The molecule has 0 aliphatic carbocycles. The standard InChI is InChI=1S/C11H11BrN4O2/c1-15-7-14-11(16(17)18)10(15)13-6-8-4-2-3-5-9(8)12/h2-5,7,13H,6H2,1H3. The van der Waals surface area contributed by atoms with Crippen molar-refractivity contribution in [1.82, 2.24) is 9.55 Å². The van der Waals surface area contributed by atoms with Crippen molar-refractivity contribution in [1.29, 1.82) is 0 Å². The van der Waals surface area contributed by atoms with Gasteiger partial charge in [-0.1, -0.05) is 34.1 Å². The smallest absolute Gasteiger partial charge is 0.360 e. The Hall–Kier alpha value is -1.89. The van der Waals surface area contributed by atoms with Gasteiger partial charge in [-0.15, -0.1) is 0 Å². The van der Waals surface area contributed by atoms with Crippen molar-refractivity contribution in [2.24, 2.45) is 7.05 Å². The van der Waals surface area contributed by atoms with Crippen molar-refractivity contribution in [3.63, 3.8) is 0 Å². The molecule has 94 valence electrons. The number of benzene rings is 1. The van der Waals surface area contributed by atoms with Gasteiger partial charge in [-0.3, -0.25) is 4.57 Å². The summed E-state index contributed by atoms with van der Waals surface area (Å²) in [4.78, 5) is 14.0. The molecule has 0 bridgehead atoms. The van der Waals surface area contributed by atoms with Crippen LogP contribution in [0.3, 0.4) is 0 Å². The van der Waals surface area contributed by atoms with Crippen molar-refractivity contribution < 1.29 is 4.92 Å². The van der Waals surface area contributed by atoms with Crippen LogP contribution < -0.4 is 5.32 Å². The number of hydrogen-bond donors (Lipinski definition) is 1. The van der Waals surface area contributed by atoms with Crippen LogP contribution in [-0.4, -0.2) is 14.5 Å². The third kappa shape index (κ3) is 2.51. The van der Waals surface area contributed by atoms with Crippen LogP contribution in [0, 0.1) is 10.1 Å². The number of halogens is 1. The second kappa shape index (κ2) is 5.18. The van der Waals surface area contributed by atoms with E-state index in [0.717, 1.165) is 10.0 Å². The van der Waals surface area contributed by atoms with Crippen LogP contribution in [0.1, 0.15) is 5.56 Å². The van der Waals surface area contributed by atoms with Crippen LogP contribution in [0.25, 0.3) is 0 Å². The van der Waals surface area contributed by atoms with Gasteiger partial charge in [0.2, 0.25) is 12.1 Å². The van der Waals surface area contributed by atoms with Gasteiger partial charge in [-0.2, -0.15) is 0 Å². The van der Waals surface area contributed by atoms with Crippen molar-refractivity contribution >= 4 is 27.6 Å². The van der Waals surface area contributed by atoms with E-state index < -0.39 is 4.92 Å². The number of nitrogens with zero attached hydrogens (tertiary/aromatic N) is 3. The van der Waals surface area contributed by atoms with Gasteiger partial charge < -0.3 is 15.4 Å². The fourth-order valence-electron chi connectivity index (χ4n) is 1.58. The van der Waals surface area contributed by atoms with Crippen LogP contribution in [0.2, 0.25) is 0 Å². The van der Waals surface area contributed by atoms with Crippen molar-refractivity contribution in [2.75, 3.05) is 5.32 Å². The predicted octanol–water partition coefficient (Wildman–Crippen LogP) is 2.70. The lowest BCUT2D eigenvalue weighted by atomic mass is 10.2. The van der Waals surface area contributed by atoms with Gasteiger partial charge >= 0.3 is 5.82 Å². The summed E-state index contributed by atoms with van der Waals surface area (Å²) in [7, 11) is 1.71. The molecule has 0 aliphatic rings. The summed E-state index contributed by atoms with van der Waals surface area (Å²) in [5.74, 6) is 0.236. The minimum absolute atomic E-state index is 0.162. The highest BCUT2D eigenvalue weighted by Gasteiger charge is 2.19. The van der Waals surface area contributed by atoms with Crippen LogP contribution in [0.15, 0.2) is 35.1 Å². The van der Waals surface area contributed by atoms with E-state index in [2.05, 4.69) is 26.2 Å². The molecule has 0 aliphatic heterocycles. The number of nitro groups is 1. The van der Waals surface area contributed by atoms with E-state index in [1.807, 2.05) is 24.3 Å². The van der Waals surface area contributed by atoms with Gasteiger partial charge in [0, 0.05) is 18.1 Å². The lowest BCUT2D eigenvalue weighted by molar-refractivity contribution is -0.388. The number of nitrogens with one attached hydrogen (secondary N) is 1. The molecule has 1 aromatic carbocycles. The molecule has 0 saturated carbocycles. The SMILES string of the molecule is Cn1cnc([N+](=O)[O-])c1NCc1ccccc1Br. The van der Waals surface area contributed by atoms with Gasteiger partial charge in [0.25, 0.3) is 0 Å². The van der Waals surface area contributed by atoms with Crippen molar-refractivity contribution in [3.05, 3.63) is 50.7 Å². The first kappa shape index (κ1) is 12.6. The highest BCUT2D eigenvalue weighted by atomic mass is 79.9. The largest absolute Gasteiger partial charge is 0.406 e. The molecular weight excluding hydrogens is 300 g/mol. The number of anilines is 1. The fourth-order valence-corrected chi connectivity index (χ4v) is 2.00. The van der Waals surface area contributed by atoms with Crippen molar-refractivity contribution in [2.45, 2.75) is 6.54 Å². The molecule has 0 atom stereocenters. The summed E-state index contributed by atoms with van der Waals surface area (Å²) in [6.45, 7) is 0.488. The lowest BCUT2D eigenvalue weighted by Gasteiger charge is -2.07. The monoisotopic (exact) mass is 310 g/mol. The van der Waals surface area contributed by atoms with Crippen molar-refractivity contribution in [3.8, 4) is 0 Å². The van der Waals surface area contributed by atoms with E-state index in [9.17, 15) is 10.1 Å². The maximum atomic E-state index is 10.8. The normalized spacial score (nSPS) is 10.3. The van der Waals surface area contributed by atoms with Gasteiger partial charge in [0.1, 0.15) is 0 Å². The summed E-state index contributed by atoms with van der Waals surface area (Å²) >= 11 is 3.43. The van der Waals surface area contributed by atoms with Gasteiger partial charge in [-0.25, -0.2) is 0 Å². The van der Waals surface area contributed by atoms with Gasteiger partial charge in [0.05, 0.1) is 0 Å². The lowest BCUT2D eigenvalue weighted by Crippen LogP contribution is -2.06. The quantitative estimate of drug-likeness (QED) is 0.696. The summed E-state index contributed by atoms with van der Waals surface area (Å²) in [6, 6.07) is 7.70. The fraction of sp³-hybridized carbons (Fsp3) is 0.182. The first-order valence-corrected chi connectivity index (χ1v) is 6.02. The molecule has 6 nitrogen and oxygen atoms in total. The topological polar surface area (TPSA) is 73.0 Å².